The van der Waals surface area contributed by atoms with Crippen molar-refractivity contribution in [3.8, 4) is 5.75 Å². The Balaban J connectivity index is 1.87. The van der Waals surface area contributed by atoms with Gasteiger partial charge in [-0.3, -0.25) is 9.59 Å². The zero-order chi connectivity index (χ0) is 25.3. The van der Waals surface area contributed by atoms with E-state index in [-0.39, 0.29) is 35.0 Å². The third kappa shape index (κ3) is 4.82. The molecule has 35 heavy (non-hydrogen) atoms. The Kier molecular flexibility index (Phi) is 6.99. The van der Waals surface area contributed by atoms with Crippen LogP contribution in [0.4, 0.5) is 4.39 Å². The van der Waals surface area contributed by atoms with Gasteiger partial charge < -0.3 is 19.5 Å². The first-order valence-corrected chi connectivity index (χ1v) is 12.1. The molecule has 2 fully saturated rings. The van der Waals surface area contributed by atoms with Crippen LogP contribution in [-0.4, -0.2) is 47.6 Å². The van der Waals surface area contributed by atoms with Gasteiger partial charge in [-0.1, -0.05) is 39.0 Å². The van der Waals surface area contributed by atoms with Crippen LogP contribution in [0.25, 0.3) is 5.76 Å². The summed E-state index contributed by atoms with van der Waals surface area (Å²) in [7, 11) is 0. The SMILES string of the molecule is CCOc1ccc(/C(O)=C2\C(=O)C(=O)N(CC3CCCO3)C2c2ccccc2F)cc1C(C)(C)C. The monoisotopic (exact) mass is 481 g/mol. The quantitative estimate of drug-likeness (QED) is 0.352. The van der Waals surface area contributed by atoms with Crippen molar-refractivity contribution in [3.63, 3.8) is 0 Å². The lowest BCUT2D eigenvalue weighted by Crippen LogP contribution is -2.36. The van der Waals surface area contributed by atoms with Crippen molar-refractivity contribution in [2.75, 3.05) is 19.8 Å². The van der Waals surface area contributed by atoms with E-state index in [1.165, 1.54) is 11.0 Å². The standard InChI is InChI=1S/C28H32FNO5/c1-5-34-22-13-12-17(15-20(22)28(2,3)4)25(31)23-24(19-10-6-7-11-21(19)29)30(27(33)26(23)32)16-18-9-8-14-35-18/h6-7,10-13,15,18,24,31H,5,8-9,14,16H2,1-4H3/b25-23+. The van der Waals surface area contributed by atoms with Crippen LogP contribution in [-0.2, 0) is 19.7 Å². The number of ketones is 1. The number of ether oxygens (including phenoxy) is 2. The molecule has 0 radical (unpaired) electrons. The van der Waals surface area contributed by atoms with Gasteiger partial charge in [0.05, 0.1) is 24.3 Å². The minimum Gasteiger partial charge on any atom is -0.507 e. The van der Waals surface area contributed by atoms with E-state index in [9.17, 15) is 19.1 Å². The zero-order valence-corrected chi connectivity index (χ0v) is 20.6. The van der Waals surface area contributed by atoms with E-state index < -0.39 is 23.5 Å². The molecule has 0 aliphatic carbocycles. The van der Waals surface area contributed by atoms with E-state index >= 15 is 0 Å². The molecule has 1 amide bonds. The van der Waals surface area contributed by atoms with Crippen LogP contribution in [0, 0.1) is 5.82 Å². The fourth-order valence-electron chi connectivity index (χ4n) is 4.80. The normalized spacial score (nSPS) is 22.1. The maximum absolute atomic E-state index is 15.0. The Morgan fingerprint density at radius 2 is 1.94 bits per heavy atom. The summed E-state index contributed by atoms with van der Waals surface area (Å²) in [5.74, 6) is -1.80. The van der Waals surface area contributed by atoms with Crippen LogP contribution in [0.15, 0.2) is 48.0 Å². The Hall–Kier alpha value is -3.19. The average Bonchev–Trinajstić information content (AvgIpc) is 3.41. The predicted octanol–water partition coefficient (Wildman–Crippen LogP) is 5.12. The van der Waals surface area contributed by atoms with Crippen molar-refractivity contribution < 1.29 is 28.6 Å². The van der Waals surface area contributed by atoms with Crippen molar-refractivity contribution in [1.29, 1.82) is 0 Å². The van der Waals surface area contributed by atoms with Crippen molar-refractivity contribution in [3.05, 3.63) is 70.5 Å². The average molecular weight is 482 g/mol. The number of carbonyl (C=O) groups excluding carboxylic acids is 2. The van der Waals surface area contributed by atoms with E-state index in [1.807, 2.05) is 27.7 Å². The predicted molar refractivity (Wildman–Crippen MR) is 131 cm³/mol. The molecular formula is C28H32FNO5. The van der Waals surface area contributed by atoms with Crippen molar-refractivity contribution in [2.24, 2.45) is 0 Å². The summed E-state index contributed by atoms with van der Waals surface area (Å²) in [6, 6.07) is 10.2. The summed E-state index contributed by atoms with van der Waals surface area (Å²) in [5.41, 5.74) is 0.946. The highest BCUT2D eigenvalue weighted by Gasteiger charge is 2.48. The van der Waals surface area contributed by atoms with Gasteiger partial charge in [-0.2, -0.15) is 0 Å². The maximum Gasteiger partial charge on any atom is 0.295 e. The molecule has 2 aliphatic heterocycles. The van der Waals surface area contributed by atoms with Gasteiger partial charge in [0.1, 0.15) is 17.3 Å². The molecule has 2 unspecified atom stereocenters. The molecular weight excluding hydrogens is 449 g/mol. The molecule has 2 heterocycles. The number of aliphatic hydroxyl groups is 1. The molecule has 0 saturated carbocycles. The van der Waals surface area contributed by atoms with Gasteiger partial charge in [0.25, 0.3) is 11.7 Å². The highest BCUT2D eigenvalue weighted by Crippen LogP contribution is 2.42. The van der Waals surface area contributed by atoms with Crippen molar-refractivity contribution >= 4 is 17.4 Å². The number of hydrogen-bond donors (Lipinski definition) is 1. The number of likely N-dealkylation sites (tertiary alicyclic amines) is 1. The highest BCUT2D eigenvalue weighted by atomic mass is 19.1. The van der Waals surface area contributed by atoms with Gasteiger partial charge >= 0.3 is 0 Å². The van der Waals surface area contributed by atoms with Gasteiger partial charge in [0.2, 0.25) is 0 Å². The molecule has 2 aromatic carbocycles. The van der Waals surface area contributed by atoms with E-state index in [0.29, 0.717) is 24.5 Å². The lowest BCUT2D eigenvalue weighted by Gasteiger charge is -2.28. The third-order valence-electron chi connectivity index (χ3n) is 6.52. The summed E-state index contributed by atoms with van der Waals surface area (Å²) in [6.07, 6.45) is 1.38. The molecule has 0 bridgehead atoms. The summed E-state index contributed by atoms with van der Waals surface area (Å²) in [4.78, 5) is 27.7. The lowest BCUT2D eigenvalue weighted by atomic mass is 9.84. The van der Waals surface area contributed by atoms with Crippen LogP contribution in [0.5, 0.6) is 5.75 Å². The number of carbonyl (C=O) groups is 2. The van der Waals surface area contributed by atoms with Gasteiger partial charge in [-0.25, -0.2) is 4.39 Å². The highest BCUT2D eigenvalue weighted by molar-refractivity contribution is 6.46. The second kappa shape index (κ2) is 9.82. The number of benzene rings is 2. The number of hydrogen-bond acceptors (Lipinski definition) is 5. The molecule has 1 N–H and O–H groups in total. The van der Waals surface area contributed by atoms with Crippen molar-refractivity contribution in [1.82, 2.24) is 4.90 Å². The molecule has 2 aromatic rings. The molecule has 186 valence electrons. The topological polar surface area (TPSA) is 76.1 Å². The molecule has 0 spiro atoms. The molecule has 6 nitrogen and oxygen atoms in total. The summed E-state index contributed by atoms with van der Waals surface area (Å²) in [6.45, 7) is 9.18. The molecule has 0 aromatic heterocycles. The largest absolute Gasteiger partial charge is 0.507 e. The number of Topliss-reactive ketones (excluding diaryl/α,β-unsaturated/α-hetero) is 1. The lowest BCUT2D eigenvalue weighted by molar-refractivity contribution is -0.140. The molecule has 7 heteroatoms. The Bertz CT molecular complexity index is 1160. The van der Waals surface area contributed by atoms with Crippen LogP contribution in [0.3, 0.4) is 0 Å². The first-order valence-electron chi connectivity index (χ1n) is 12.1. The van der Waals surface area contributed by atoms with Gasteiger partial charge in [-0.15, -0.1) is 0 Å². The van der Waals surface area contributed by atoms with Crippen LogP contribution in [0.1, 0.15) is 63.3 Å². The van der Waals surface area contributed by atoms with Crippen molar-refractivity contribution in [2.45, 2.75) is 58.1 Å². The summed E-state index contributed by atoms with van der Waals surface area (Å²) >= 11 is 0. The second-order valence-corrected chi connectivity index (χ2v) is 10.0. The van der Waals surface area contributed by atoms with Gasteiger partial charge in [0.15, 0.2) is 0 Å². The first-order chi connectivity index (χ1) is 16.6. The second-order valence-electron chi connectivity index (χ2n) is 10.0. The maximum atomic E-state index is 15.0. The number of aliphatic hydroxyl groups excluding tert-OH is 1. The summed E-state index contributed by atoms with van der Waals surface area (Å²) in [5, 5.41) is 11.4. The Morgan fingerprint density at radius 3 is 2.57 bits per heavy atom. The summed E-state index contributed by atoms with van der Waals surface area (Å²) < 4.78 is 26.4. The zero-order valence-electron chi connectivity index (χ0n) is 20.6. The van der Waals surface area contributed by atoms with E-state index in [1.54, 1.807) is 36.4 Å². The molecule has 2 atom stereocenters. The van der Waals surface area contributed by atoms with E-state index in [2.05, 4.69) is 0 Å². The Labute approximate surface area is 205 Å². The van der Waals surface area contributed by atoms with E-state index in [4.69, 9.17) is 9.47 Å². The van der Waals surface area contributed by atoms with Crippen LogP contribution >= 0.6 is 0 Å². The van der Waals surface area contributed by atoms with Gasteiger partial charge in [-0.05, 0) is 49.4 Å². The molecule has 2 aliphatic rings. The minimum atomic E-state index is -1.05. The molecule has 4 rings (SSSR count). The number of nitrogens with zero attached hydrogens (tertiary/aromatic N) is 1. The Morgan fingerprint density at radius 1 is 1.20 bits per heavy atom. The van der Waals surface area contributed by atoms with E-state index in [0.717, 1.165) is 18.4 Å². The number of rotatable bonds is 6. The fourth-order valence-corrected chi connectivity index (χ4v) is 4.80. The minimum absolute atomic E-state index is 0.123. The van der Waals surface area contributed by atoms with Gasteiger partial charge in [0, 0.05) is 29.8 Å². The third-order valence-corrected chi connectivity index (χ3v) is 6.52. The molecule has 2 saturated heterocycles. The fraction of sp³-hybridized carbons (Fsp3) is 0.429. The number of amides is 1. The van der Waals surface area contributed by atoms with Crippen LogP contribution in [0.2, 0.25) is 0 Å². The smallest absolute Gasteiger partial charge is 0.295 e. The first kappa shape index (κ1) is 24.9. The number of halogens is 1. The van der Waals surface area contributed by atoms with Crippen LogP contribution < -0.4 is 4.74 Å².